The zero-order valence-corrected chi connectivity index (χ0v) is 22.7. The minimum atomic E-state index is -5.31. The maximum atomic E-state index is 13.8. The highest BCUT2D eigenvalue weighted by atomic mass is 19.4. The van der Waals surface area contributed by atoms with E-state index in [2.05, 4.69) is 25.1 Å². The first-order valence-corrected chi connectivity index (χ1v) is 13.0. The van der Waals surface area contributed by atoms with E-state index in [1.165, 1.54) is 6.20 Å². The molecule has 0 aliphatic heterocycles. The van der Waals surface area contributed by atoms with Crippen LogP contribution in [0.5, 0.6) is 0 Å². The summed E-state index contributed by atoms with van der Waals surface area (Å²) in [6.07, 6.45) is -3.83. The van der Waals surface area contributed by atoms with Crippen LogP contribution < -0.4 is 5.73 Å². The van der Waals surface area contributed by atoms with Crippen molar-refractivity contribution < 1.29 is 32.2 Å². The van der Waals surface area contributed by atoms with Crippen LogP contribution in [0, 0.1) is 0 Å². The summed E-state index contributed by atoms with van der Waals surface area (Å²) >= 11 is 0. The molecule has 4 aromatic rings. The van der Waals surface area contributed by atoms with Crippen LogP contribution in [0.3, 0.4) is 0 Å². The van der Waals surface area contributed by atoms with Crippen LogP contribution in [-0.4, -0.2) is 79.0 Å². The van der Waals surface area contributed by atoms with E-state index in [0.717, 1.165) is 0 Å². The Morgan fingerprint density at radius 3 is 2.34 bits per heavy atom. The molecular formula is C26H29F3N8O4. The summed E-state index contributed by atoms with van der Waals surface area (Å²) in [5.74, 6) is -3.34. The molecular weight excluding hydrogens is 545 g/mol. The first-order chi connectivity index (χ1) is 19.6. The molecule has 2 N–H and O–H groups in total. The molecule has 0 saturated heterocycles. The predicted molar refractivity (Wildman–Crippen MR) is 142 cm³/mol. The number of alkyl halides is 3. The molecule has 0 aliphatic rings. The maximum absolute atomic E-state index is 13.8. The highest BCUT2D eigenvalue weighted by molar-refractivity contribution is 6.08. The number of hydrogen-bond donors (Lipinski definition) is 1. The Labute approximate surface area is 232 Å². The van der Waals surface area contributed by atoms with Crippen molar-refractivity contribution in [3.63, 3.8) is 0 Å². The summed E-state index contributed by atoms with van der Waals surface area (Å²) in [4.78, 5) is 41.4. The monoisotopic (exact) mass is 574 g/mol. The van der Waals surface area contributed by atoms with Gasteiger partial charge < -0.3 is 20.0 Å². The van der Waals surface area contributed by atoms with Crippen LogP contribution in [0.4, 0.5) is 19.0 Å². The van der Waals surface area contributed by atoms with E-state index in [9.17, 15) is 22.8 Å². The molecule has 0 unspecified atom stereocenters. The Kier molecular flexibility index (Phi) is 8.86. The number of hydrogen-bond acceptors (Lipinski definition) is 10. The Morgan fingerprint density at radius 1 is 1.05 bits per heavy atom. The van der Waals surface area contributed by atoms with Gasteiger partial charge in [-0.3, -0.25) is 9.78 Å². The van der Waals surface area contributed by atoms with Crippen molar-refractivity contribution in [2.75, 3.05) is 31.9 Å². The number of halogens is 3. The number of anilines is 1. The van der Waals surface area contributed by atoms with Crippen LogP contribution >= 0.6 is 0 Å². The van der Waals surface area contributed by atoms with E-state index in [4.69, 9.17) is 10.4 Å². The van der Waals surface area contributed by atoms with Gasteiger partial charge in [-0.05, 0) is 43.3 Å². The molecule has 1 aromatic carbocycles. The lowest BCUT2D eigenvalue weighted by molar-refractivity contribution is -0.228. The van der Waals surface area contributed by atoms with Crippen molar-refractivity contribution in [1.82, 2.24) is 34.8 Å². The van der Waals surface area contributed by atoms with Crippen LogP contribution in [0.1, 0.15) is 37.6 Å². The Morgan fingerprint density at radius 2 is 1.76 bits per heavy atom. The molecule has 0 radical (unpaired) electrons. The normalized spacial score (nSPS) is 11.8. The van der Waals surface area contributed by atoms with Crippen molar-refractivity contribution in [3.8, 4) is 22.8 Å². The molecule has 4 rings (SSSR count). The van der Waals surface area contributed by atoms with Gasteiger partial charge in [0.2, 0.25) is 0 Å². The zero-order chi connectivity index (χ0) is 29.7. The third-order valence-electron chi connectivity index (χ3n) is 6.47. The van der Waals surface area contributed by atoms with Gasteiger partial charge in [-0.2, -0.15) is 18.2 Å². The highest BCUT2D eigenvalue weighted by Gasteiger charge is 2.43. The summed E-state index contributed by atoms with van der Waals surface area (Å²) < 4.78 is 45.8. The summed E-state index contributed by atoms with van der Waals surface area (Å²) in [7, 11) is 0. The minimum absolute atomic E-state index is 0.0470. The van der Waals surface area contributed by atoms with Gasteiger partial charge in [0, 0.05) is 18.3 Å². The lowest BCUT2D eigenvalue weighted by atomic mass is 10.1. The topological polar surface area (TPSA) is 146 Å². The van der Waals surface area contributed by atoms with E-state index < -0.39 is 18.1 Å². The molecule has 12 nitrogen and oxygen atoms in total. The number of hydroxylamine groups is 2. The molecule has 41 heavy (non-hydrogen) atoms. The van der Waals surface area contributed by atoms with E-state index in [1.54, 1.807) is 35.8 Å². The van der Waals surface area contributed by atoms with Crippen molar-refractivity contribution >= 4 is 28.7 Å². The molecule has 0 fully saturated rings. The maximum Gasteiger partial charge on any atom is 0.493 e. The highest BCUT2D eigenvalue weighted by Crippen LogP contribution is 2.34. The van der Waals surface area contributed by atoms with Crippen molar-refractivity contribution in [2.24, 2.45) is 0 Å². The second-order valence-corrected chi connectivity index (χ2v) is 8.93. The van der Waals surface area contributed by atoms with Gasteiger partial charge in [0.25, 0.3) is 5.91 Å². The number of fused-ring (bicyclic) bond motifs is 1. The number of benzene rings is 1. The fraction of sp³-hybridized carbons (Fsp3) is 0.385. The third-order valence-corrected chi connectivity index (χ3v) is 6.47. The molecule has 0 saturated carbocycles. The van der Waals surface area contributed by atoms with Gasteiger partial charge in [0.05, 0.1) is 23.3 Å². The number of nitrogens with zero attached hydrogens (tertiary/aromatic N) is 7. The molecule has 3 aromatic heterocycles. The van der Waals surface area contributed by atoms with Crippen LogP contribution in [-0.2, 0) is 16.2 Å². The summed E-state index contributed by atoms with van der Waals surface area (Å²) in [6, 6.07) is 9.01. The summed E-state index contributed by atoms with van der Waals surface area (Å²) in [6.45, 7) is 7.49. The molecule has 0 bridgehead atoms. The number of aryl methyl sites for hydroxylation is 1. The van der Waals surface area contributed by atoms with Gasteiger partial charge in [-0.1, -0.05) is 44.2 Å². The van der Waals surface area contributed by atoms with Crippen LogP contribution in [0.25, 0.3) is 33.8 Å². The van der Waals surface area contributed by atoms with Crippen LogP contribution in [0.2, 0.25) is 0 Å². The largest absolute Gasteiger partial charge is 0.493 e. The lowest BCUT2D eigenvalue weighted by Crippen LogP contribution is -2.40. The van der Waals surface area contributed by atoms with Crippen molar-refractivity contribution in [2.45, 2.75) is 39.9 Å². The Balaban J connectivity index is 1.86. The molecule has 0 atom stereocenters. The van der Waals surface area contributed by atoms with E-state index >= 15 is 0 Å². The first kappa shape index (κ1) is 29.5. The predicted octanol–water partition coefficient (Wildman–Crippen LogP) is 3.95. The molecule has 0 aliphatic carbocycles. The van der Waals surface area contributed by atoms with Crippen molar-refractivity contribution in [1.29, 1.82) is 0 Å². The number of pyridine rings is 1. The second kappa shape index (κ2) is 12.3. The SMILES string of the molecule is CCN(CC)CCCN(OC(=O)C(F)(F)F)C(=O)c1cnc(-c2ccccc2)c2nc(-c3nonc3N)n(CC)c12. The van der Waals surface area contributed by atoms with Gasteiger partial charge >= 0.3 is 12.1 Å². The Bertz CT molecular complexity index is 1520. The van der Waals surface area contributed by atoms with Gasteiger partial charge in [0.1, 0.15) is 5.52 Å². The second-order valence-electron chi connectivity index (χ2n) is 8.93. The molecule has 218 valence electrons. The fourth-order valence-electron chi connectivity index (χ4n) is 4.40. The molecule has 0 spiro atoms. The Hall–Kier alpha value is -4.53. The number of nitrogens with two attached hydrogens (primary N) is 1. The number of imidazole rings is 1. The van der Waals surface area contributed by atoms with Gasteiger partial charge in [0.15, 0.2) is 17.3 Å². The van der Waals surface area contributed by atoms with Crippen molar-refractivity contribution in [3.05, 3.63) is 42.1 Å². The molecule has 15 heteroatoms. The minimum Gasteiger partial charge on any atom is -0.379 e. The third kappa shape index (κ3) is 6.14. The van der Waals surface area contributed by atoms with E-state index in [0.29, 0.717) is 36.0 Å². The lowest BCUT2D eigenvalue weighted by Gasteiger charge is -2.24. The number of nitrogen functional groups attached to an aromatic ring is 1. The molecule has 3 heterocycles. The average molecular weight is 575 g/mol. The van der Waals surface area contributed by atoms with Crippen LogP contribution in [0.15, 0.2) is 41.2 Å². The summed E-state index contributed by atoms with van der Waals surface area (Å²) in [5.41, 5.74) is 7.48. The van der Waals surface area contributed by atoms with E-state index in [1.807, 2.05) is 24.8 Å². The van der Waals surface area contributed by atoms with Gasteiger partial charge in [-0.25, -0.2) is 14.4 Å². The summed E-state index contributed by atoms with van der Waals surface area (Å²) in [5, 5.41) is 7.86. The first-order valence-electron chi connectivity index (χ1n) is 13.0. The number of amides is 1. The smallest absolute Gasteiger partial charge is 0.379 e. The standard InChI is InChI=1S/C26H29F3N8O4/c1-4-35(5-2)13-10-14-37(40-25(39)26(27,28)29)24(38)17-15-31-18(16-11-8-7-9-12-16)19-21(17)36(6-3)23(32-19)20-22(30)34-41-33-20/h7-9,11-12,15H,4-6,10,13-14H2,1-3H3,(H2,30,34). The molecule has 1 amide bonds. The fourth-order valence-corrected chi connectivity index (χ4v) is 4.40. The number of carbonyl (C=O) groups is 2. The average Bonchev–Trinajstić information content (AvgIpc) is 3.56. The number of carbonyl (C=O) groups excluding carboxylic acids is 2. The quantitative estimate of drug-likeness (QED) is 0.276. The number of aromatic nitrogens is 5. The zero-order valence-electron chi connectivity index (χ0n) is 22.7. The van der Waals surface area contributed by atoms with Gasteiger partial charge in [-0.15, -0.1) is 0 Å². The number of rotatable bonds is 10. The van der Waals surface area contributed by atoms with E-state index in [-0.39, 0.29) is 53.4 Å².